The van der Waals surface area contributed by atoms with Crippen LogP contribution in [0.1, 0.15) is 65.2 Å². The highest BCUT2D eigenvalue weighted by atomic mass is 79.9. The molecule has 3 nitrogen and oxygen atoms in total. The quantitative estimate of drug-likeness (QED) is 0.843. The smallest absolute Gasteiger partial charge is 0.0701 e. The first kappa shape index (κ1) is 15.0. The predicted molar refractivity (Wildman–Crippen MR) is 83.2 cm³/mol. The van der Waals surface area contributed by atoms with Gasteiger partial charge in [0, 0.05) is 6.04 Å². The van der Waals surface area contributed by atoms with Crippen LogP contribution in [0.15, 0.2) is 10.7 Å². The Labute approximate surface area is 125 Å². The molecule has 0 amide bonds. The van der Waals surface area contributed by atoms with Crippen LogP contribution < -0.4 is 5.32 Å². The third kappa shape index (κ3) is 3.05. The first-order chi connectivity index (χ1) is 8.88. The zero-order chi connectivity index (χ0) is 14.2. The predicted octanol–water partition coefficient (Wildman–Crippen LogP) is 4.31. The lowest BCUT2D eigenvalue weighted by Gasteiger charge is -2.23. The van der Waals surface area contributed by atoms with Crippen molar-refractivity contribution in [2.45, 2.75) is 59.5 Å². The van der Waals surface area contributed by atoms with E-state index in [1.165, 1.54) is 12.1 Å². The van der Waals surface area contributed by atoms with E-state index in [2.05, 4.69) is 65.6 Å². The Kier molecular flexibility index (Phi) is 4.41. The van der Waals surface area contributed by atoms with E-state index >= 15 is 0 Å². The van der Waals surface area contributed by atoms with Gasteiger partial charge in [-0.25, -0.2) is 0 Å². The number of hydrogen-bond acceptors (Lipinski definition) is 2. The standard InChI is InChI=1S/C15H26BrN3/c1-6-7-17-13(11-8-15(11,4)5)14-12(16)9-18-19(14)10(2)3/h9-11,13,17H,6-8H2,1-5H3. The van der Waals surface area contributed by atoms with Gasteiger partial charge in [-0.2, -0.15) is 5.10 Å². The summed E-state index contributed by atoms with van der Waals surface area (Å²) in [4.78, 5) is 0. The molecule has 1 N–H and O–H groups in total. The molecule has 1 aromatic heterocycles. The lowest BCUT2D eigenvalue weighted by Crippen LogP contribution is -2.28. The van der Waals surface area contributed by atoms with E-state index in [0.29, 0.717) is 23.4 Å². The maximum atomic E-state index is 4.53. The Morgan fingerprint density at radius 2 is 2.16 bits per heavy atom. The van der Waals surface area contributed by atoms with E-state index in [9.17, 15) is 0 Å². The first-order valence-electron chi connectivity index (χ1n) is 7.34. The van der Waals surface area contributed by atoms with E-state index in [1.54, 1.807) is 0 Å². The summed E-state index contributed by atoms with van der Waals surface area (Å²) in [5.74, 6) is 0.713. The highest BCUT2D eigenvalue weighted by molar-refractivity contribution is 9.10. The molecule has 0 spiro atoms. The highest BCUT2D eigenvalue weighted by Gasteiger charge is 2.51. The lowest BCUT2D eigenvalue weighted by atomic mass is 10.0. The zero-order valence-electron chi connectivity index (χ0n) is 12.7. The van der Waals surface area contributed by atoms with Gasteiger partial charge in [-0.3, -0.25) is 4.68 Å². The summed E-state index contributed by atoms with van der Waals surface area (Å²) in [6.07, 6.45) is 4.40. The third-order valence-corrected chi connectivity index (χ3v) is 4.79. The molecule has 0 saturated heterocycles. The van der Waals surface area contributed by atoms with Crippen LogP contribution in [-0.2, 0) is 0 Å². The molecule has 4 heteroatoms. The molecule has 2 atom stereocenters. The lowest BCUT2D eigenvalue weighted by molar-refractivity contribution is 0.376. The third-order valence-electron chi connectivity index (χ3n) is 4.18. The van der Waals surface area contributed by atoms with Crippen LogP contribution in [0.3, 0.4) is 0 Å². The molecule has 1 fully saturated rings. The fourth-order valence-corrected chi connectivity index (χ4v) is 3.38. The van der Waals surface area contributed by atoms with Crippen LogP contribution in [0.4, 0.5) is 0 Å². The van der Waals surface area contributed by atoms with E-state index < -0.39 is 0 Å². The molecule has 1 heterocycles. The Balaban J connectivity index is 2.30. The Bertz CT molecular complexity index is 437. The summed E-state index contributed by atoms with van der Waals surface area (Å²) in [6, 6.07) is 0.809. The Morgan fingerprint density at radius 1 is 1.53 bits per heavy atom. The molecular formula is C15H26BrN3. The SMILES string of the molecule is CCCNC(c1c(Br)cnn1C(C)C)C1CC1(C)C. The van der Waals surface area contributed by atoms with Gasteiger partial charge < -0.3 is 5.32 Å². The number of halogens is 1. The molecule has 0 aromatic carbocycles. The van der Waals surface area contributed by atoms with Crippen molar-refractivity contribution in [3.05, 3.63) is 16.4 Å². The average Bonchev–Trinajstić information content (AvgIpc) is 2.78. The maximum Gasteiger partial charge on any atom is 0.0701 e. The van der Waals surface area contributed by atoms with Crippen LogP contribution >= 0.6 is 15.9 Å². The van der Waals surface area contributed by atoms with Gasteiger partial charge in [-0.15, -0.1) is 0 Å². The summed E-state index contributed by atoms with van der Waals surface area (Å²) < 4.78 is 3.30. The number of nitrogens with one attached hydrogen (secondary N) is 1. The van der Waals surface area contributed by atoms with Crippen molar-refractivity contribution < 1.29 is 0 Å². The maximum absolute atomic E-state index is 4.53. The van der Waals surface area contributed by atoms with Gasteiger partial charge in [0.25, 0.3) is 0 Å². The summed E-state index contributed by atoms with van der Waals surface area (Å²) in [7, 11) is 0. The van der Waals surface area contributed by atoms with Crippen LogP contribution in [0, 0.1) is 11.3 Å². The number of hydrogen-bond donors (Lipinski definition) is 1. The topological polar surface area (TPSA) is 29.9 Å². The minimum Gasteiger partial charge on any atom is -0.308 e. The monoisotopic (exact) mass is 327 g/mol. The second-order valence-electron chi connectivity index (χ2n) is 6.65. The molecule has 2 unspecified atom stereocenters. The molecule has 2 rings (SSSR count). The molecule has 1 aromatic rings. The second-order valence-corrected chi connectivity index (χ2v) is 7.50. The number of rotatable bonds is 6. The van der Waals surface area contributed by atoms with Gasteiger partial charge in [0.15, 0.2) is 0 Å². The molecular weight excluding hydrogens is 302 g/mol. The van der Waals surface area contributed by atoms with Crippen molar-refractivity contribution in [2.75, 3.05) is 6.54 Å². The van der Waals surface area contributed by atoms with Gasteiger partial charge in [0.05, 0.1) is 22.4 Å². The van der Waals surface area contributed by atoms with Crippen LogP contribution in [0.5, 0.6) is 0 Å². The van der Waals surface area contributed by atoms with E-state index in [1.807, 2.05) is 6.20 Å². The Hall–Kier alpha value is -0.350. The van der Waals surface area contributed by atoms with Crippen molar-refractivity contribution in [3.8, 4) is 0 Å². The molecule has 1 aliphatic rings. The minimum absolute atomic E-state index is 0.397. The summed E-state index contributed by atoms with van der Waals surface area (Å²) >= 11 is 3.69. The molecule has 108 valence electrons. The molecule has 0 aliphatic heterocycles. The molecule has 0 bridgehead atoms. The van der Waals surface area contributed by atoms with Gasteiger partial charge in [0.2, 0.25) is 0 Å². The summed E-state index contributed by atoms with van der Waals surface area (Å²) in [5, 5.41) is 8.27. The minimum atomic E-state index is 0.397. The Morgan fingerprint density at radius 3 is 2.63 bits per heavy atom. The fraction of sp³-hybridized carbons (Fsp3) is 0.800. The summed E-state index contributed by atoms with van der Waals surface area (Å²) in [6.45, 7) is 12.4. The van der Waals surface area contributed by atoms with Crippen molar-refractivity contribution in [1.29, 1.82) is 0 Å². The van der Waals surface area contributed by atoms with Crippen LogP contribution in [0.2, 0.25) is 0 Å². The van der Waals surface area contributed by atoms with Crippen molar-refractivity contribution in [1.82, 2.24) is 15.1 Å². The first-order valence-corrected chi connectivity index (χ1v) is 8.14. The summed E-state index contributed by atoms with van der Waals surface area (Å²) in [5.41, 5.74) is 1.77. The van der Waals surface area contributed by atoms with E-state index in [0.717, 1.165) is 17.4 Å². The van der Waals surface area contributed by atoms with E-state index in [-0.39, 0.29) is 0 Å². The van der Waals surface area contributed by atoms with Crippen molar-refractivity contribution in [2.24, 2.45) is 11.3 Å². The molecule has 1 saturated carbocycles. The molecule has 1 aliphatic carbocycles. The number of aromatic nitrogens is 2. The normalized spacial score (nSPS) is 22.8. The highest BCUT2D eigenvalue weighted by Crippen LogP contribution is 2.58. The van der Waals surface area contributed by atoms with Gasteiger partial charge in [-0.1, -0.05) is 20.8 Å². The van der Waals surface area contributed by atoms with Gasteiger partial charge in [0.1, 0.15) is 0 Å². The largest absolute Gasteiger partial charge is 0.308 e. The second kappa shape index (κ2) is 5.57. The molecule has 0 radical (unpaired) electrons. The van der Waals surface area contributed by atoms with Crippen LogP contribution in [-0.4, -0.2) is 16.3 Å². The zero-order valence-corrected chi connectivity index (χ0v) is 14.3. The fourth-order valence-electron chi connectivity index (χ4n) is 2.86. The van der Waals surface area contributed by atoms with E-state index in [4.69, 9.17) is 0 Å². The van der Waals surface area contributed by atoms with Gasteiger partial charge in [-0.05, 0) is 60.5 Å². The van der Waals surface area contributed by atoms with Gasteiger partial charge >= 0.3 is 0 Å². The van der Waals surface area contributed by atoms with Crippen molar-refractivity contribution >= 4 is 15.9 Å². The van der Waals surface area contributed by atoms with Crippen LogP contribution in [0.25, 0.3) is 0 Å². The average molecular weight is 328 g/mol. The van der Waals surface area contributed by atoms with Crippen molar-refractivity contribution in [3.63, 3.8) is 0 Å². The molecule has 19 heavy (non-hydrogen) atoms. The number of nitrogens with zero attached hydrogens (tertiary/aromatic N) is 2.